The second-order valence-electron chi connectivity index (χ2n) is 7.96. The molecule has 30 heavy (non-hydrogen) atoms. The number of aliphatic hydroxyl groups is 1. The van der Waals surface area contributed by atoms with Gasteiger partial charge in [-0.1, -0.05) is 17.3 Å². The van der Waals surface area contributed by atoms with Crippen LogP contribution in [0.25, 0.3) is 11.0 Å². The Labute approximate surface area is 173 Å². The summed E-state index contributed by atoms with van der Waals surface area (Å²) in [5.74, 6) is 1.78. The van der Waals surface area contributed by atoms with E-state index in [1.54, 1.807) is 30.3 Å². The lowest BCUT2D eigenvalue weighted by Gasteiger charge is -2.35. The van der Waals surface area contributed by atoms with E-state index in [1.807, 2.05) is 24.3 Å². The number of para-hydroxylation sites is 2. The number of amides is 1. The van der Waals surface area contributed by atoms with Crippen LogP contribution in [-0.4, -0.2) is 58.5 Å². The summed E-state index contributed by atoms with van der Waals surface area (Å²) in [5, 5.41) is 15.2. The van der Waals surface area contributed by atoms with Gasteiger partial charge in [0.15, 0.2) is 11.5 Å². The number of aliphatic hydroxyl groups excluding tert-OH is 1. The molecule has 0 radical (unpaired) electrons. The summed E-state index contributed by atoms with van der Waals surface area (Å²) in [6, 6.07) is 11.0. The Bertz CT molecular complexity index is 1070. The first-order valence-electron chi connectivity index (χ1n) is 10.1. The van der Waals surface area contributed by atoms with Crippen molar-refractivity contribution in [1.82, 2.24) is 15.0 Å². The lowest BCUT2D eigenvalue weighted by Crippen LogP contribution is -2.42. The quantitative estimate of drug-likeness (QED) is 0.707. The van der Waals surface area contributed by atoms with Gasteiger partial charge in [0.05, 0.1) is 18.6 Å². The molecule has 0 spiro atoms. The van der Waals surface area contributed by atoms with Crippen molar-refractivity contribution in [3.8, 4) is 11.5 Å². The molecular formula is C22H23N3O5. The highest BCUT2D eigenvalue weighted by Gasteiger charge is 2.44. The van der Waals surface area contributed by atoms with E-state index < -0.39 is 6.10 Å². The Morgan fingerprint density at radius 1 is 1.13 bits per heavy atom. The summed E-state index contributed by atoms with van der Waals surface area (Å²) in [7, 11) is 1.60. The Balaban J connectivity index is 1.30. The highest BCUT2D eigenvalue weighted by Crippen LogP contribution is 2.40. The second-order valence-corrected chi connectivity index (χ2v) is 7.96. The van der Waals surface area contributed by atoms with Gasteiger partial charge in [-0.2, -0.15) is 0 Å². The van der Waals surface area contributed by atoms with Gasteiger partial charge in [-0.3, -0.25) is 4.79 Å². The zero-order chi connectivity index (χ0) is 20.7. The molecule has 1 saturated carbocycles. The van der Waals surface area contributed by atoms with Gasteiger partial charge in [0.25, 0.3) is 5.91 Å². The Hall–Kier alpha value is -3.13. The first kappa shape index (κ1) is 18.9. The van der Waals surface area contributed by atoms with Crippen LogP contribution < -0.4 is 9.47 Å². The standard InChI is InChI=1S/C22H23N3O5/c1-28-17-6-2-3-7-18(17)29-19-10-14-12-25(11-13(14)9-16(19)26)22(27)20-15-5-4-8-23-21(15)24-30-20/h2-8,13-14,16,19,26H,9-12H2,1H3/t13-,14+,16+,19+/m0/s1. The zero-order valence-corrected chi connectivity index (χ0v) is 16.6. The number of methoxy groups -OCH3 is 1. The first-order chi connectivity index (χ1) is 14.6. The van der Waals surface area contributed by atoms with Crippen molar-refractivity contribution in [3.63, 3.8) is 0 Å². The number of carbonyl (C=O) groups excluding carboxylic acids is 1. The minimum Gasteiger partial charge on any atom is -0.493 e. The molecule has 156 valence electrons. The molecule has 1 aromatic carbocycles. The second kappa shape index (κ2) is 7.60. The number of rotatable bonds is 4. The fraction of sp³-hybridized carbons (Fsp3) is 0.409. The van der Waals surface area contributed by atoms with Gasteiger partial charge in [0.1, 0.15) is 6.10 Å². The predicted octanol–water partition coefficient (Wildman–Crippen LogP) is 2.52. The predicted molar refractivity (Wildman–Crippen MR) is 107 cm³/mol. The third kappa shape index (κ3) is 3.27. The molecule has 3 heterocycles. The third-order valence-electron chi connectivity index (χ3n) is 6.17. The van der Waals surface area contributed by atoms with E-state index in [0.717, 1.165) is 0 Å². The highest BCUT2D eigenvalue weighted by molar-refractivity contribution is 6.02. The van der Waals surface area contributed by atoms with E-state index in [0.29, 0.717) is 48.5 Å². The fourth-order valence-electron chi connectivity index (χ4n) is 4.64. The van der Waals surface area contributed by atoms with Gasteiger partial charge in [0.2, 0.25) is 11.4 Å². The number of carbonyl (C=O) groups is 1. The molecule has 3 aromatic rings. The summed E-state index contributed by atoms with van der Waals surface area (Å²) in [4.78, 5) is 19.0. The molecular weight excluding hydrogens is 386 g/mol. The molecule has 2 aromatic heterocycles. The van der Waals surface area contributed by atoms with Crippen LogP contribution in [0.3, 0.4) is 0 Å². The van der Waals surface area contributed by atoms with Crippen LogP contribution in [-0.2, 0) is 0 Å². The molecule has 8 heteroatoms. The number of ether oxygens (including phenoxy) is 2. The fourth-order valence-corrected chi connectivity index (χ4v) is 4.64. The number of aromatic nitrogens is 2. The van der Waals surface area contributed by atoms with Crippen LogP contribution in [0, 0.1) is 11.8 Å². The molecule has 1 N–H and O–H groups in total. The van der Waals surface area contributed by atoms with Crippen molar-refractivity contribution in [1.29, 1.82) is 0 Å². The van der Waals surface area contributed by atoms with Crippen LogP contribution in [0.15, 0.2) is 47.1 Å². The van der Waals surface area contributed by atoms with Crippen molar-refractivity contribution in [2.45, 2.75) is 25.0 Å². The van der Waals surface area contributed by atoms with Crippen LogP contribution in [0.4, 0.5) is 0 Å². The molecule has 0 bridgehead atoms. The molecule has 0 unspecified atom stereocenters. The van der Waals surface area contributed by atoms with Gasteiger partial charge in [-0.15, -0.1) is 0 Å². The van der Waals surface area contributed by atoms with Crippen molar-refractivity contribution in [3.05, 3.63) is 48.4 Å². The zero-order valence-electron chi connectivity index (χ0n) is 16.6. The van der Waals surface area contributed by atoms with Gasteiger partial charge >= 0.3 is 0 Å². The van der Waals surface area contributed by atoms with Crippen molar-refractivity contribution in [2.75, 3.05) is 20.2 Å². The van der Waals surface area contributed by atoms with Crippen LogP contribution >= 0.6 is 0 Å². The Kier molecular flexibility index (Phi) is 4.78. The third-order valence-corrected chi connectivity index (χ3v) is 6.17. The summed E-state index contributed by atoms with van der Waals surface area (Å²) in [5.41, 5.74) is 0.429. The maximum Gasteiger partial charge on any atom is 0.293 e. The van der Waals surface area contributed by atoms with Gasteiger partial charge in [0, 0.05) is 19.3 Å². The number of pyridine rings is 1. The molecule has 1 saturated heterocycles. The van der Waals surface area contributed by atoms with Crippen molar-refractivity contribution in [2.24, 2.45) is 11.8 Å². The Morgan fingerprint density at radius 2 is 1.90 bits per heavy atom. The average Bonchev–Trinajstić information content (AvgIpc) is 3.38. The van der Waals surface area contributed by atoms with Crippen LogP contribution in [0.5, 0.6) is 11.5 Å². The molecule has 1 aliphatic carbocycles. The van der Waals surface area contributed by atoms with Crippen LogP contribution in [0.2, 0.25) is 0 Å². The lowest BCUT2D eigenvalue weighted by molar-refractivity contribution is -0.0240. The van der Waals surface area contributed by atoms with E-state index in [1.165, 1.54) is 0 Å². The SMILES string of the molecule is COc1ccccc1O[C@@H]1C[C@@H]2CN(C(=O)c3onc4ncccc34)C[C@@H]2C[C@H]1O. The maximum atomic E-state index is 13.1. The summed E-state index contributed by atoms with van der Waals surface area (Å²) in [6.45, 7) is 1.19. The van der Waals surface area contributed by atoms with E-state index in [-0.39, 0.29) is 29.6 Å². The lowest BCUT2D eigenvalue weighted by atomic mass is 9.78. The van der Waals surface area contributed by atoms with E-state index in [2.05, 4.69) is 10.1 Å². The number of fused-ring (bicyclic) bond motifs is 2. The van der Waals surface area contributed by atoms with E-state index >= 15 is 0 Å². The number of hydrogen-bond donors (Lipinski definition) is 1. The molecule has 5 rings (SSSR count). The monoisotopic (exact) mass is 409 g/mol. The highest BCUT2D eigenvalue weighted by atomic mass is 16.5. The molecule has 2 fully saturated rings. The molecule has 8 nitrogen and oxygen atoms in total. The average molecular weight is 409 g/mol. The molecule has 1 amide bonds. The number of nitrogens with zero attached hydrogens (tertiary/aromatic N) is 3. The minimum atomic E-state index is -0.596. The van der Waals surface area contributed by atoms with Crippen molar-refractivity contribution < 1.29 is 23.9 Å². The summed E-state index contributed by atoms with van der Waals surface area (Å²) < 4.78 is 16.8. The van der Waals surface area contributed by atoms with Crippen molar-refractivity contribution >= 4 is 16.9 Å². The van der Waals surface area contributed by atoms with Gasteiger partial charge in [-0.05, 0) is 48.9 Å². The number of likely N-dealkylation sites (tertiary alicyclic amines) is 1. The topological polar surface area (TPSA) is 97.9 Å². The smallest absolute Gasteiger partial charge is 0.293 e. The first-order valence-corrected chi connectivity index (χ1v) is 10.1. The van der Waals surface area contributed by atoms with Gasteiger partial charge < -0.3 is 24.0 Å². The Morgan fingerprint density at radius 3 is 2.70 bits per heavy atom. The maximum absolute atomic E-state index is 13.1. The van der Waals surface area contributed by atoms with E-state index in [9.17, 15) is 9.90 Å². The number of hydrogen-bond acceptors (Lipinski definition) is 7. The largest absolute Gasteiger partial charge is 0.493 e. The molecule has 2 aliphatic rings. The van der Waals surface area contributed by atoms with Gasteiger partial charge in [-0.25, -0.2) is 4.98 Å². The minimum absolute atomic E-state index is 0.184. The summed E-state index contributed by atoms with van der Waals surface area (Å²) in [6.07, 6.45) is 1.95. The normalized spacial score (nSPS) is 25.9. The molecule has 1 aliphatic heterocycles. The number of benzene rings is 1. The van der Waals surface area contributed by atoms with Crippen LogP contribution in [0.1, 0.15) is 23.4 Å². The van der Waals surface area contributed by atoms with E-state index in [4.69, 9.17) is 14.0 Å². The molecule has 4 atom stereocenters. The summed E-state index contributed by atoms with van der Waals surface area (Å²) >= 11 is 0.